The quantitative estimate of drug-likeness (QED) is 0.681. The molecule has 0 saturated carbocycles. The molecule has 0 saturated heterocycles. The number of hydrogen-bond acceptors (Lipinski definition) is 4. The molecule has 2 atom stereocenters. The second-order valence-corrected chi connectivity index (χ2v) is 3.94. The zero-order valence-corrected chi connectivity index (χ0v) is 9.34. The molecule has 0 spiro atoms. The van der Waals surface area contributed by atoms with E-state index in [0.29, 0.717) is 0 Å². The summed E-state index contributed by atoms with van der Waals surface area (Å²) in [6.45, 7) is 3.09. The van der Waals surface area contributed by atoms with Gasteiger partial charge in [-0.1, -0.05) is 6.07 Å². The van der Waals surface area contributed by atoms with E-state index in [4.69, 9.17) is 5.11 Å². The smallest absolute Gasteiger partial charge is 0.336 e. The van der Waals surface area contributed by atoms with Crippen molar-refractivity contribution in [2.45, 2.75) is 25.5 Å². The number of carbonyl (C=O) groups is 1. The van der Waals surface area contributed by atoms with Gasteiger partial charge in [-0.05, 0) is 26.0 Å². The van der Waals surface area contributed by atoms with Crippen LogP contribution < -0.4 is 5.32 Å². The van der Waals surface area contributed by atoms with Gasteiger partial charge in [0.2, 0.25) is 0 Å². The third kappa shape index (κ3) is 3.29. The van der Waals surface area contributed by atoms with Crippen LogP contribution in [-0.4, -0.2) is 33.3 Å². The Morgan fingerprint density at radius 1 is 1.62 bits per heavy atom. The summed E-state index contributed by atoms with van der Waals surface area (Å²) in [7, 11) is 0. The van der Waals surface area contributed by atoms with Crippen molar-refractivity contribution in [2.75, 3.05) is 6.54 Å². The number of nitrogens with one attached hydrogen (secondary N) is 1. The van der Waals surface area contributed by atoms with E-state index in [1.54, 1.807) is 6.20 Å². The number of pyridine rings is 1. The maximum absolute atomic E-state index is 10.7. The van der Waals surface area contributed by atoms with Crippen molar-refractivity contribution >= 4 is 5.97 Å². The molecule has 0 bridgehead atoms. The van der Waals surface area contributed by atoms with Crippen molar-refractivity contribution < 1.29 is 15.0 Å². The Balaban J connectivity index is 2.54. The highest BCUT2D eigenvalue weighted by Crippen LogP contribution is 2.10. The Morgan fingerprint density at radius 2 is 2.31 bits per heavy atom. The van der Waals surface area contributed by atoms with Gasteiger partial charge in [-0.2, -0.15) is 0 Å². The molecular weight excluding hydrogens is 208 g/mol. The molecule has 0 aliphatic heterocycles. The average Bonchev–Trinajstić information content (AvgIpc) is 2.27. The largest absolute Gasteiger partial charge is 0.479 e. The normalized spacial score (nSPS) is 16.4. The lowest BCUT2D eigenvalue weighted by molar-refractivity contribution is -0.156. The van der Waals surface area contributed by atoms with Gasteiger partial charge in [-0.25, -0.2) is 4.79 Å². The number of hydrogen-bond donors (Lipinski definition) is 3. The maximum atomic E-state index is 10.7. The Kier molecular flexibility index (Phi) is 3.98. The summed E-state index contributed by atoms with van der Waals surface area (Å²) in [5.41, 5.74) is -0.952. The first kappa shape index (κ1) is 12.6. The van der Waals surface area contributed by atoms with Crippen LogP contribution in [0, 0.1) is 0 Å². The van der Waals surface area contributed by atoms with Crippen LogP contribution in [0.5, 0.6) is 0 Å². The molecular formula is C11H16N2O3. The molecule has 0 aliphatic rings. The molecule has 5 heteroatoms. The van der Waals surface area contributed by atoms with Gasteiger partial charge in [-0.15, -0.1) is 0 Å². The summed E-state index contributed by atoms with van der Waals surface area (Å²) < 4.78 is 0. The second kappa shape index (κ2) is 5.05. The molecule has 1 rings (SSSR count). The number of aliphatic carboxylic acids is 1. The first-order chi connectivity index (χ1) is 7.43. The van der Waals surface area contributed by atoms with E-state index < -0.39 is 11.6 Å². The zero-order chi connectivity index (χ0) is 12.2. The molecule has 0 aliphatic carbocycles. The number of aromatic nitrogens is 1. The fourth-order valence-electron chi connectivity index (χ4n) is 1.16. The van der Waals surface area contributed by atoms with E-state index in [0.717, 1.165) is 5.69 Å². The van der Waals surface area contributed by atoms with Crippen molar-refractivity contribution in [1.82, 2.24) is 10.3 Å². The number of aliphatic hydroxyl groups is 1. The molecule has 1 heterocycles. The van der Waals surface area contributed by atoms with Crippen LogP contribution in [0.2, 0.25) is 0 Å². The molecule has 0 radical (unpaired) electrons. The van der Waals surface area contributed by atoms with Crippen molar-refractivity contribution in [2.24, 2.45) is 0 Å². The summed E-state index contributed by atoms with van der Waals surface area (Å²) in [6, 6.07) is 5.40. The van der Waals surface area contributed by atoms with Crippen LogP contribution in [0.15, 0.2) is 24.4 Å². The molecule has 1 aromatic heterocycles. The molecule has 0 aromatic carbocycles. The summed E-state index contributed by atoms with van der Waals surface area (Å²) in [4.78, 5) is 14.8. The van der Waals surface area contributed by atoms with E-state index in [1.165, 1.54) is 6.92 Å². The first-order valence-electron chi connectivity index (χ1n) is 5.03. The van der Waals surface area contributed by atoms with E-state index >= 15 is 0 Å². The van der Waals surface area contributed by atoms with Crippen LogP contribution in [0.4, 0.5) is 0 Å². The highest BCUT2D eigenvalue weighted by atomic mass is 16.4. The van der Waals surface area contributed by atoms with Crippen molar-refractivity contribution in [3.8, 4) is 0 Å². The SMILES string of the molecule is C[C@@H](NCC(C)(O)C(=O)O)c1ccccn1. The van der Waals surface area contributed by atoms with E-state index in [-0.39, 0.29) is 12.6 Å². The van der Waals surface area contributed by atoms with Gasteiger partial charge in [0.25, 0.3) is 0 Å². The van der Waals surface area contributed by atoms with Gasteiger partial charge in [0.1, 0.15) is 0 Å². The predicted molar refractivity (Wildman–Crippen MR) is 58.9 cm³/mol. The molecule has 3 N–H and O–H groups in total. The lowest BCUT2D eigenvalue weighted by Gasteiger charge is -2.21. The molecule has 1 aromatic rings. The molecule has 16 heavy (non-hydrogen) atoms. The van der Waals surface area contributed by atoms with Crippen LogP contribution in [0.25, 0.3) is 0 Å². The molecule has 0 amide bonds. The van der Waals surface area contributed by atoms with Crippen molar-refractivity contribution in [1.29, 1.82) is 0 Å². The van der Waals surface area contributed by atoms with E-state index in [9.17, 15) is 9.90 Å². The fraction of sp³-hybridized carbons (Fsp3) is 0.455. The highest BCUT2D eigenvalue weighted by Gasteiger charge is 2.30. The van der Waals surface area contributed by atoms with Gasteiger partial charge in [0, 0.05) is 18.8 Å². The standard InChI is InChI=1S/C11H16N2O3/c1-8(9-5-3-4-6-12-9)13-7-11(2,16)10(14)15/h3-6,8,13,16H,7H2,1-2H3,(H,14,15)/t8-,11?/m1/s1. The summed E-state index contributed by atoms with van der Waals surface area (Å²) in [5, 5.41) is 21.2. The fourth-order valence-corrected chi connectivity index (χ4v) is 1.16. The van der Waals surface area contributed by atoms with E-state index in [1.807, 2.05) is 25.1 Å². The van der Waals surface area contributed by atoms with Gasteiger partial charge in [-0.3, -0.25) is 4.98 Å². The van der Waals surface area contributed by atoms with Crippen LogP contribution >= 0.6 is 0 Å². The Morgan fingerprint density at radius 3 is 2.81 bits per heavy atom. The number of nitrogens with zero attached hydrogens (tertiary/aromatic N) is 1. The lowest BCUT2D eigenvalue weighted by atomic mass is 10.1. The monoisotopic (exact) mass is 224 g/mol. The second-order valence-electron chi connectivity index (χ2n) is 3.94. The zero-order valence-electron chi connectivity index (χ0n) is 9.34. The molecule has 1 unspecified atom stereocenters. The minimum absolute atomic E-state index is 0.0277. The van der Waals surface area contributed by atoms with Gasteiger partial charge in [0.15, 0.2) is 5.60 Å². The molecule has 5 nitrogen and oxygen atoms in total. The van der Waals surface area contributed by atoms with Crippen molar-refractivity contribution in [3.63, 3.8) is 0 Å². The van der Waals surface area contributed by atoms with Gasteiger partial charge < -0.3 is 15.5 Å². The predicted octanol–water partition coefficient (Wildman–Crippen LogP) is 0.568. The Hall–Kier alpha value is -1.46. The van der Waals surface area contributed by atoms with Gasteiger partial charge in [0.05, 0.1) is 5.69 Å². The van der Waals surface area contributed by atoms with Crippen LogP contribution in [-0.2, 0) is 4.79 Å². The Labute approximate surface area is 94.1 Å². The summed E-state index contributed by atoms with van der Waals surface area (Å²) >= 11 is 0. The van der Waals surface area contributed by atoms with Crippen LogP contribution in [0.3, 0.4) is 0 Å². The Bertz CT molecular complexity index is 352. The van der Waals surface area contributed by atoms with Crippen LogP contribution in [0.1, 0.15) is 25.6 Å². The molecule has 0 fully saturated rings. The third-order valence-corrected chi connectivity index (χ3v) is 2.34. The first-order valence-corrected chi connectivity index (χ1v) is 5.03. The minimum atomic E-state index is -1.76. The number of carboxylic acid groups (broad SMARTS) is 1. The highest BCUT2D eigenvalue weighted by molar-refractivity contribution is 5.76. The van der Waals surface area contributed by atoms with E-state index in [2.05, 4.69) is 10.3 Å². The van der Waals surface area contributed by atoms with Gasteiger partial charge >= 0.3 is 5.97 Å². The lowest BCUT2D eigenvalue weighted by Crippen LogP contribution is -2.45. The molecule has 88 valence electrons. The number of carboxylic acids is 1. The maximum Gasteiger partial charge on any atom is 0.336 e. The third-order valence-electron chi connectivity index (χ3n) is 2.34. The van der Waals surface area contributed by atoms with Crippen molar-refractivity contribution in [3.05, 3.63) is 30.1 Å². The topological polar surface area (TPSA) is 82.5 Å². The minimum Gasteiger partial charge on any atom is -0.479 e. The summed E-state index contributed by atoms with van der Waals surface area (Å²) in [5.74, 6) is -1.24. The average molecular weight is 224 g/mol. The number of rotatable bonds is 5. The summed E-state index contributed by atoms with van der Waals surface area (Å²) in [6.07, 6.45) is 1.67.